The molecule has 0 spiro atoms. The Balaban J connectivity index is 2.01. The standard InChI is InChI=1S/C19H18N2O3/c1-13-15-9-5-6-10-16(15)24-18(13)19(23)21(12-11-17(20)22)14-7-3-2-4-8-14/h2-10H,11-12H2,1H3,(H2,20,22). The summed E-state index contributed by atoms with van der Waals surface area (Å²) in [5.41, 5.74) is 7.40. The lowest BCUT2D eigenvalue weighted by Gasteiger charge is -2.21. The van der Waals surface area contributed by atoms with Crippen LogP contribution in [0.2, 0.25) is 0 Å². The van der Waals surface area contributed by atoms with Crippen molar-refractivity contribution in [2.45, 2.75) is 13.3 Å². The summed E-state index contributed by atoms with van der Waals surface area (Å²) in [5.74, 6) is -0.453. The van der Waals surface area contributed by atoms with Crippen LogP contribution in [-0.4, -0.2) is 18.4 Å². The molecule has 0 aliphatic heterocycles. The number of nitrogens with two attached hydrogens (primary N) is 1. The maximum Gasteiger partial charge on any atom is 0.294 e. The van der Waals surface area contributed by atoms with Crippen LogP contribution in [0, 0.1) is 6.92 Å². The molecule has 0 aliphatic carbocycles. The predicted octanol–water partition coefficient (Wildman–Crippen LogP) is 3.26. The summed E-state index contributed by atoms with van der Waals surface area (Å²) in [6.45, 7) is 2.06. The van der Waals surface area contributed by atoms with Gasteiger partial charge in [-0.1, -0.05) is 36.4 Å². The molecule has 1 aromatic heterocycles. The van der Waals surface area contributed by atoms with Crippen molar-refractivity contribution in [2.24, 2.45) is 5.73 Å². The molecule has 0 unspecified atom stereocenters. The molecule has 0 saturated carbocycles. The number of furan rings is 1. The maximum atomic E-state index is 13.0. The summed E-state index contributed by atoms with van der Waals surface area (Å²) < 4.78 is 5.76. The SMILES string of the molecule is Cc1c(C(=O)N(CCC(N)=O)c2ccccc2)oc2ccccc12. The number of amides is 2. The highest BCUT2D eigenvalue weighted by Crippen LogP contribution is 2.27. The van der Waals surface area contributed by atoms with E-state index in [2.05, 4.69) is 0 Å². The minimum absolute atomic E-state index is 0.0832. The van der Waals surface area contributed by atoms with Gasteiger partial charge in [0.05, 0.1) is 0 Å². The molecule has 0 bridgehead atoms. The Kier molecular flexibility index (Phi) is 4.33. The lowest BCUT2D eigenvalue weighted by molar-refractivity contribution is -0.117. The van der Waals surface area contributed by atoms with Gasteiger partial charge < -0.3 is 15.1 Å². The average Bonchev–Trinajstić information content (AvgIpc) is 2.93. The van der Waals surface area contributed by atoms with E-state index in [-0.39, 0.29) is 24.6 Å². The summed E-state index contributed by atoms with van der Waals surface area (Å²) in [6.07, 6.45) is 0.0832. The van der Waals surface area contributed by atoms with Crippen molar-refractivity contribution in [3.05, 3.63) is 65.9 Å². The molecule has 0 fully saturated rings. The van der Waals surface area contributed by atoms with Crippen molar-refractivity contribution >= 4 is 28.5 Å². The normalized spacial score (nSPS) is 10.7. The molecular weight excluding hydrogens is 304 g/mol. The third-order valence-electron chi connectivity index (χ3n) is 3.93. The number of carbonyl (C=O) groups is 2. The molecule has 2 amide bonds. The molecule has 122 valence electrons. The number of carbonyl (C=O) groups excluding carboxylic acids is 2. The molecule has 3 rings (SSSR count). The molecule has 24 heavy (non-hydrogen) atoms. The van der Waals surface area contributed by atoms with Gasteiger partial charge in [0.25, 0.3) is 5.91 Å². The van der Waals surface area contributed by atoms with E-state index in [4.69, 9.17) is 10.2 Å². The van der Waals surface area contributed by atoms with E-state index in [1.54, 1.807) is 0 Å². The fourth-order valence-corrected chi connectivity index (χ4v) is 2.68. The van der Waals surface area contributed by atoms with Crippen LogP contribution in [0.15, 0.2) is 59.0 Å². The van der Waals surface area contributed by atoms with E-state index in [9.17, 15) is 9.59 Å². The number of primary amides is 1. The van der Waals surface area contributed by atoms with E-state index in [0.29, 0.717) is 11.3 Å². The Morgan fingerprint density at radius 3 is 2.38 bits per heavy atom. The molecule has 3 aromatic rings. The van der Waals surface area contributed by atoms with Crippen molar-refractivity contribution < 1.29 is 14.0 Å². The number of hydrogen-bond donors (Lipinski definition) is 1. The third-order valence-corrected chi connectivity index (χ3v) is 3.93. The highest BCUT2D eigenvalue weighted by Gasteiger charge is 2.24. The van der Waals surface area contributed by atoms with Crippen LogP contribution in [-0.2, 0) is 4.79 Å². The van der Waals surface area contributed by atoms with Crippen LogP contribution in [0.25, 0.3) is 11.0 Å². The minimum atomic E-state index is -0.454. The number of benzene rings is 2. The van der Waals surface area contributed by atoms with Crippen molar-refractivity contribution in [3.63, 3.8) is 0 Å². The molecule has 1 heterocycles. The molecule has 0 radical (unpaired) electrons. The number of hydrogen-bond acceptors (Lipinski definition) is 3. The summed E-state index contributed by atoms with van der Waals surface area (Å²) in [5, 5.41) is 0.906. The van der Waals surface area contributed by atoms with Crippen LogP contribution in [0.5, 0.6) is 0 Å². The van der Waals surface area contributed by atoms with Gasteiger partial charge in [-0.05, 0) is 25.1 Å². The number of fused-ring (bicyclic) bond motifs is 1. The molecular formula is C19H18N2O3. The zero-order valence-corrected chi connectivity index (χ0v) is 13.4. The van der Waals surface area contributed by atoms with Gasteiger partial charge in [-0.3, -0.25) is 9.59 Å². The van der Waals surface area contributed by atoms with Gasteiger partial charge in [0.15, 0.2) is 5.76 Å². The van der Waals surface area contributed by atoms with Crippen LogP contribution < -0.4 is 10.6 Å². The van der Waals surface area contributed by atoms with Crippen molar-refractivity contribution in [3.8, 4) is 0 Å². The topological polar surface area (TPSA) is 76.5 Å². The summed E-state index contributed by atoms with van der Waals surface area (Å²) in [7, 11) is 0. The minimum Gasteiger partial charge on any atom is -0.451 e. The van der Waals surface area contributed by atoms with Crippen LogP contribution in [0.4, 0.5) is 5.69 Å². The number of rotatable bonds is 5. The first-order valence-corrected chi connectivity index (χ1v) is 7.71. The van der Waals surface area contributed by atoms with Gasteiger partial charge in [-0.15, -0.1) is 0 Å². The smallest absolute Gasteiger partial charge is 0.294 e. The highest BCUT2D eigenvalue weighted by molar-refractivity contribution is 6.08. The maximum absolute atomic E-state index is 13.0. The van der Waals surface area contributed by atoms with E-state index in [1.807, 2.05) is 61.5 Å². The quantitative estimate of drug-likeness (QED) is 0.783. The van der Waals surface area contributed by atoms with Crippen molar-refractivity contribution in [1.29, 1.82) is 0 Å². The molecule has 5 heteroatoms. The second-order valence-corrected chi connectivity index (χ2v) is 5.56. The molecule has 5 nitrogen and oxygen atoms in total. The summed E-state index contributed by atoms with van der Waals surface area (Å²) >= 11 is 0. The largest absolute Gasteiger partial charge is 0.451 e. The van der Waals surface area contributed by atoms with E-state index in [0.717, 1.165) is 10.9 Å². The second-order valence-electron chi connectivity index (χ2n) is 5.56. The van der Waals surface area contributed by atoms with E-state index >= 15 is 0 Å². The monoisotopic (exact) mass is 322 g/mol. The first kappa shape index (κ1) is 15.8. The molecule has 2 aromatic carbocycles. The Bertz CT molecular complexity index is 884. The predicted molar refractivity (Wildman–Crippen MR) is 92.9 cm³/mol. The van der Waals surface area contributed by atoms with Gasteiger partial charge in [0, 0.05) is 29.6 Å². The lowest BCUT2D eigenvalue weighted by Crippen LogP contribution is -2.34. The number of nitrogens with zero attached hydrogens (tertiary/aromatic N) is 1. The van der Waals surface area contributed by atoms with Crippen molar-refractivity contribution in [1.82, 2.24) is 0 Å². The molecule has 0 aliphatic rings. The number of anilines is 1. The highest BCUT2D eigenvalue weighted by atomic mass is 16.3. The Hall–Kier alpha value is -3.08. The fourth-order valence-electron chi connectivity index (χ4n) is 2.68. The van der Waals surface area contributed by atoms with Crippen LogP contribution in [0.3, 0.4) is 0 Å². The van der Waals surface area contributed by atoms with Gasteiger partial charge in [-0.25, -0.2) is 0 Å². The molecule has 2 N–H and O–H groups in total. The second kappa shape index (κ2) is 6.58. The summed E-state index contributed by atoms with van der Waals surface area (Å²) in [6, 6.07) is 16.7. The Morgan fingerprint density at radius 1 is 1.04 bits per heavy atom. The van der Waals surface area contributed by atoms with Gasteiger partial charge in [-0.2, -0.15) is 0 Å². The number of aryl methyl sites for hydroxylation is 1. The van der Waals surface area contributed by atoms with Gasteiger partial charge >= 0.3 is 0 Å². The van der Waals surface area contributed by atoms with E-state index in [1.165, 1.54) is 4.90 Å². The van der Waals surface area contributed by atoms with Gasteiger partial charge in [0.2, 0.25) is 5.91 Å². The van der Waals surface area contributed by atoms with Crippen molar-refractivity contribution in [2.75, 3.05) is 11.4 Å². The third kappa shape index (κ3) is 3.01. The Morgan fingerprint density at radius 2 is 1.71 bits per heavy atom. The zero-order valence-electron chi connectivity index (χ0n) is 13.4. The fraction of sp³-hybridized carbons (Fsp3) is 0.158. The summed E-state index contributed by atoms with van der Waals surface area (Å²) in [4.78, 5) is 25.7. The van der Waals surface area contributed by atoms with Crippen LogP contribution in [0.1, 0.15) is 22.5 Å². The average molecular weight is 322 g/mol. The van der Waals surface area contributed by atoms with E-state index < -0.39 is 5.91 Å². The number of para-hydroxylation sites is 2. The lowest BCUT2D eigenvalue weighted by atomic mass is 10.1. The zero-order chi connectivity index (χ0) is 17.1. The van der Waals surface area contributed by atoms with Gasteiger partial charge in [0.1, 0.15) is 5.58 Å². The first-order valence-electron chi connectivity index (χ1n) is 7.71. The first-order chi connectivity index (χ1) is 11.6. The van der Waals surface area contributed by atoms with Crippen LogP contribution >= 0.6 is 0 Å². The molecule has 0 saturated heterocycles. The Labute approximate surface area is 139 Å². The molecule has 0 atom stereocenters.